The molecule has 0 aliphatic carbocycles. The van der Waals surface area contributed by atoms with E-state index in [2.05, 4.69) is 23.3 Å². The molecule has 0 amide bonds. The molecule has 0 saturated heterocycles. The van der Waals surface area contributed by atoms with Crippen LogP contribution >= 0.6 is 0 Å². The predicted molar refractivity (Wildman–Crippen MR) is 92.6 cm³/mol. The van der Waals surface area contributed by atoms with Gasteiger partial charge in [0.2, 0.25) is 0 Å². The van der Waals surface area contributed by atoms with E-state index < -0.39 is 0 Å². The Morgan fingerprint density at radius 1 is 0.952 bits per heavy atom. The van der Waals surface area contributed by atoms with Crippen molar-refractivity contribution in [1.29, 1.82) is 0 Å². The number of hydrogen-bond donors (Lipinski definition) is 2. The maximum Gasteiger partial charge on any atom is 0.0995 e. The summed E-state index contributed by atoms with van der Waals surface area (Å²) in [7, 11) is 0. The van der Waals surface area contributed by atoms with Crippen molar-refractivity contribution in [1.82, 2.24) is 10.2 Å². The van der Waals surface area contributed by atoms with Gasteiger partial charge in [0.15, 0.2) is 0 Å². The van der Waals surface area contributed by atoms with Crippen LogP contribution in [0.5, 0.6) is 0 Å². The van der Waals surface area contributed by atoms with Crippen LogP contribution < -0.4 is 11.1 Å². The molecular formula is C18H37N3. The summed E-state index contributed by atoms with van der Waals surface area (Å²) in [6.45, 7) is 4.33. The Kier molecular flexibility index (Phi) is 10.4. The third-order valence-corrected chi connectivity index (χ3v) is 4.45. The van der Waals surface area contributed by atoms with Crippen LogP contribution in [0.4, 0.5) is 0 Å². The first-order valence-corrected chi connectivity index (χ1v) is 9.21. The molecule has 0 spiro atoms. The SMILES string of the molecule is CCCCCCCCCCCCCC1NC=CN1C(C)N. The van der Waals surface area contributed by atoms with E-state index in [0.717, 1.165) is 0 Å². The molecule has 1 heterocycles. The monoisotopic (exact) mass is 295 g/mol. The van der Waals surface area contributed by atoms with Gasteiger partial charge in [-0.25, -0.2) is 0 Å². The summed E-state index contributed by atoms with van der Waals surface area (Å²) in [5.74, 6) is 0. The first-order chi connectivity index (χ1) is 10.3. The molecule has 0 aromatic carbocycles. The Balaban J connectivity index is 1.85. The molecule has 1 aliphatic rings. The van der Waals surface area contributed by atoms with Crippen LogP contribution in [0.1, 0.15) is 90.9 Å². The van der Waals surface area contributed by atoms with Gasteiger partial charge in [0.1, 0.15) is 0 Å². The van der Waals surface area contributed by atoms with Gasteiger partial charge in [-0.2, -0.15) is 0 Å². The van der Waals surface area contributed by atoms with Gasteiger partial charge in [-0.05, 0) is 19.8 Å². The van der Waals surface area contributed by atoms with Crippen LogP contribution in [-0.4, -0.2) is 17.2 Å². The summed E-state index contributed by atoms with van der Waals surface area (Å²) in [5, 5.41) is 3.39. The van der Waals surface area contributed by atoms with Gasteiger partial charge in [0, 0.05) is 12.4 Å². The highest BCUT2D eigenvalue weighted by Gasteiger charge is 2.20. The third kappa shape index (κ3) is 8.35. The summed E-state index contributed by atoms with van der Waals surface area (Å²) >= 11 is 0. The van der Waals surface area contributed by atoms with Crippen LogP contribution in [0, 0.1) is 0 Å². The van der Waals surface area contributed by atoms with Gasteiger partial charge in [0.25, 0.3) is 0 Å². The highest BCUT2D eigenvalue weighted by atomic mass is 15.3. The summed E-state index contributed by atoms with van der Waals surface area (Å²) in [5.41, 5.74) is 5.95. The van der Waals surface area contributed by atoms with E-state index in [1.54, 1.807) is 0 Å². The molecule has 2 unspecified atom stereocenters. The van der Waals surface area contributed by atoms with E-state index in [4.69, 9.17) is 5.73 Å². The first-order valence-electron chi connectivity index (χ1n) is 9.21. The van der Waals surface area contributed by atoms with Crippen molar-refractivity contribution in [3.05, 3.63) is 12.4 Å². The molecule has 0 saturated carbocycles. The van der Waals surface area contributed by atoms with Crippen LogP contribution in [-0.2, 0) is 0 Å². The minimum Gasteiger partial charge on any atom is -0.370 e. The summed E-state index contributed by atoms with van der Waals surface area (Å²) in [6.07, 6.45) is 21.3. The molecule has 0 radical (unpaired) electrons. The summed E-state index contributed by atoms with van der Waals surface area (Å²) in [4.78, 5) is 2.22. The van der Waals surface area contributed by atoms with E-state index >= 15 is 0 Å². The van der Waals surface area contributed by atoms with Gasteiger partial charge in [-0.1, -0.05) is 71.1 Å². The van der Waals surface area contributed by atoms with Gasteiger partial charge in [0.05, 0.1) is 12.3 Å². The van der Waals surface area contributed by atoms with Crippen molar-refractivity contribution in [3.8, 4) is 0 Å². The average Bonchev–Trinajstić information content (AvgIpc) is 2.93. The molecule has 3 N–H and O–H groups in total. The second-order valence-corrected chi connectivity index (χ2v) is 6.51. The first kappa shape index (κ1) is 18.3. The zero-order valence-corrected chi connectivity index (χ0v) is 14.3. The van der Waals surface area contributed by atoms with E-state index in [1.807, 2.05) is 13.1 Å². The maximum absolute atomic E-state index is 5.95. The topological polar surface area (TPSA) is 41.3 Å². The molecule has 0 bridgehead atoms. The summed E-state index contributed by atoms with van der Waals surface area (Å²) < 4.78 is 0. The van der Waals surface area contributed by atoms with Crippen molar-refractivity contribution < 1.29 is 0 Å². The maximum atomic E-state index is 5.95. The van der Waals surface area contributed by atoms with Gasteiger partial charge >= 0.3 is 0 Å². The Hall–Kier alpha value is -0.700. The lowest BCUT2D eigenvalue weighted by Gasteiger charge is -2.28. The average molecular weight is 296 g/mol. The normalized spacial score (nSPS) is 19.0. The quantitative estimate of drug-likeness (QED) is 0.484. The number of nitrogens with one attached hydrogen (secondary N) is 1. The Morgan fingerprint density at radius 2 is 1.48 bits per heavy atom. The van der Waals surface area contributed by atoms with E-state index in [1.165, 1.54) is 77.0 Å². The number of nitrogens with two attached hydrogens (primary N) is 1. The number of nitrogens with zero attached hydrogens (tertiary/aromatic N) is 1. The molecule has 0 aromatic heterocycles. The van der Waals surface area contributed by atoms with E-state index in [9.17, 15) is 0 Å². The molecule has 21 heavy (non-hydrogen) atoms. The van der Waals surface area contributed by atoms with Crippen LogP contribution in [0.2, 0.25) is 0 Å². The zero-order valence-electron chi connectivity index (χ0n) is 14.3. The number of rotatable bonds is 13. The highest BCUT2D eigenvalue weighted by molar-refractivity contribution is 4.95. The van der Waals surface area contributed by atoms with Crippen LogP contribution in [0.3, 0.4) is 0 Å². The highest BCUT2D eigenvalue weighted by Crippen LogP contribution is 2.16. The molecule has 1 aliphatic heterocycles. The fourth-order valence-electron chi connectivity index (χ4n) is 3.08. The molecule has 1 rings (SSSR count). The second kappa shape index (κ2) is 11.9. The minimum atomic E-state index is 0.106. The Morgan fingerprint density at radius 3 is 2.00 bits per heavy atom. The summed E-state index contributed by atoms with van der Waals surface area (Å²) in [6, 6.07) is 0. The molecule has 0 aromatic rings. The lowest BCUT2D eigenvalue weighted by Crippen LogP contribution is -2.44. The fourth-order valence-corrected chi connectivity index (χ4v) is 3.08. The molecular weight excluding hydrogens is 258 g/mol. The molecule has 2 atom stereocenters. The van der Waals surface area contributed by atoms with Crippen LogP contribution in [0.15, 0.2) is 12.4 Å². The standard InChI is InChI=1S/C18H37N3/c1-3-4-5-6-7-8-9-10-11-12-13-14-18-20-15-16-21(18)17(2)19/h15-18,20H,3-14,19H2,1-2H3. The zero-order chi connectivity index (χ0) is 15.3. The Bertz CT molecular complexity index is 263. The third-order valence-electron chi connectivity index (χ3n) is 4.45. The van der Waals surface area contributed by atoms with Crippen molar-refractivity contribution >= 4 is 0 Å². The van der Waals surface area contributed by atoms with Crippen LogP contribution in [0.25, 0.3) is 0 Å². The van der Waals surface area contributed by atoms with Crippen molar-refractivity contribution in [2.75, 3.05) is 0 Å². The Labute approximate surface area is 132 Å². The molecule has 124 valence electrons. The lowest BCUT2D eigenvalue weighted by molar-refractivity contribution is 0.208. The molecule has 3 nitrogen and oxygen atoms in total. The van der Waals surface area contributed by atoms with Gasteiger partial charge < -0.3 is 16.0 Å². The minimum absolute atomic E-state index is 0.106. The van der Waals surface area contributed by atoms with E-state index in [-0.39, 0.29) is 6.17 Å². The van der Waals surface area contributed by atoms with E-state index in [0.29, 0.717) is 6.17 Å². The van der Waals surface area contributed by atoms with Crippen molar-refractivity contribution in [2.24, 2.45) is 5.73 Å². The fraction of sp³-hybridized carbons (Fsp3) is 0.889. The smallest absolute Gasteiger partial charge is 0.0995 e. The predicted octanol–water partition coefficient (Wildman–Crippen LogP) is 4.69. The lowest BCUT2D eigenvalue weighted by atomic mass is 10.0. The number of unbranched alkanes of at least 4 members (excludes halogenated alkanes) is 10. The van der Waals surface area contributed by atoms with Crippen molar-refractivity contribution in [2.45, 2.75) is 103 Å². The molecule has 0 fully saturated rings. The second-order valence-electron chi connectivity index (χ2n) is 6.51. The number of hydrogen-bond acceptors (Lipinski definition) is 3. The van der Waals surface area contributed by atoms with Crippen molar-refractivity contribution in [3.63, 3.8) is 0 Å². The molecule has 3 heteroatoms. The van der Waals surface area contributed by atoms with Gasteiger partial charge in [-0.15, -0.1) is 0 Å². The largest absolute Gasteiger partial charge is 0.370 e. The van der Waals surface area contributed by atoms with Gasteiger partial charge in [-0.3, -0.25) is 0 Å².